The molecule has 0 saturated heterocycles. The van der Waals surface area contributed by atoms with Gasteiger partial charge in [0.1, 0.15) is 17.8 Å². The van der Waals surface area contributed by atoms with Crippen molar-refractivity contribution in [3.8, 4) is 17.1 Å². The summed E-state index contributed by atoms with van der Waals surface area (Å²) < 4.78 is 0. The van der Waals surface area contributed by atoms with Gasteiger partial charge in [-0.05, 0) is 36.4 Å². The lowest BCUT2D eigenvalue weighted by molar-refractivity contribution is 0.187. The van der Waals surface area contributed by atoms with Crippen molar-refractivity contribution in [1.82, 2.24) is 15.0 Å². The molecule has 0 aliphatic carbocycles. The van der Waals surface area contributed by atoms with Crippen LogP contribution in [-0.4, -0.2) is 25.2 Å². The number of aliphatic hydroxyl groups is 1. The molecule has 0 saturated carbocycles. The quantitative estimate of drug-likeness (QED) is 0.414. The zero-order valence-electron chi connectivity index (χ0n) is 14.2. The minimum Gasteiger partial charge on any atom is -0.508 e. The third-order valence-corrected chi connectivity index (χ3v) is 4.13. The molecule has 0 aliphatic rings. The molecule has 2 heterocycles. The Hall–Kier alpha value is -3.55. The fourth-order valence-electron chi connectivity index (χ4n) is 2.83. The molecule has 4 rings (SSSR count). The number of para-hydroxylation sites is 1. The monoisotopic (exact) mass is 359 g/mol. The van der Waals surface area contributed by atoms with Crippen molar-refractivity contribution in [2.75, 3.05) is 5.32 Å². The molecule has 0 bridgehead atoms. The molecule has 27 heavy (non-hydrogen) atoms. The number of hydrogen-bond donors (Lipinski definition) is 4. The number of aromatic nitrogens is 3. The van der Waals surface area contributed by atoms with Gasteiger partial charge in [-0.1, -0.05) is 18.2 Å². The van der Waals surface area contributed by atoms with Gasteiger partial charge in [0.2, 0.25) is 0 Å². The first-order chi connectivity index (χ1) is 13.1. The Balaban J connectivity index is 1.89. The number of phenols is 1. The van der Waals surface area contributed by atoms with Crippen LogP contribution in [0.15, 0.2) is 67.0 Å². The molecule has 5 N–H and O–H groups in total. The Morgan fingerprint density at radius 3 is 2.63 bits per heavy atom. The normalized spacial score (nSPS) is 12.1. The SMILES string of the molecule is NC(O)c1ccccc1Nc1nc(-c2cccnc2)nc2ccc(O)cc12. The Kier molecular flexibility index (Phi) is 4.37. The number of hydrogen-bond acceptors (Lipinski definition) is 7. The molecule has 1 atom stereocenters. The average molecular weight is 359 g/mol. The minimum absolute atomic E-state index is 0.107. The number of nitrogens with one attached hydrogen (secondary N) is 1. The third-order valence-electron chi connectivity index (χ3n) is 4.13. The minimum atomic E-state index is -1.13. The highest BCUT2D eigenvalue weighted by Gasteiger charge is 2.13. The van der Waals surface area contributed by atoms with E-state index in [9.17, 15) is 10.2 Å². The van der Waals surface area contributed by atoms with E-state index in [1.807, 2.05) is 18.2 Å². The lowest BCUT2D eigenvalue weighted by atomic mass is 10.1. The van der Waals surface area contributed by atoms with E-state index in [2.05, 4.69) is 20.3 Å². The van der Waals surface area contributed by atoms with E-state index >= 15 is 0 Å². The number of nitrogens with zero attached hydrogens (tertiary/aromatic N) is 3. The molecule has 2 aromatic heterocycles. The number of rotatable bonds is 4. The van der Waals surface area contributed by atoms with Gasteiger partial charge >= 0.3 is 0 Å². The van der Waals surface area contributed by atoms with Crippen LogP contribution < -0.4 is 11.1 Å². The zero-order chi connectivity index (χ0) is 18.8. The fourth-order valence-corrected chi connectivity index (χ4v) is 2.83. The van der Waals surface area contributed by atoms with E-state index in [-0.39, 0.29) is 5.75 Å². The van der Waals surface area contributed by atoms with Gasteiger partial charge in [-0.2, -0.15) is 0 Å². The molecule has 7 nitrogen and oxygen atoms in total. The Morgan fingerprint density at radius 2 is 1.85 bits per heavy atom. The molecule has 7 heteroatoms. The molecule has 2 aromatic carbocycles. The summed E-state index contributed by atoms with van der Waals surface area (Å²) in [5.41, 5.74) is 8.24. The summed E-state index contributed by atoms with van der Waals surface area (Å²) in [5, 5.41) is 23.6. The van der Waals surface area contributed by atoms with Crippen LogP contribution in [0.1, 0.15) is 11.8 Å². The van der Waals surface area contributed by atoms with Gasteiger partial charge in [-0.3, -0.25) is 4.98 Å². The number of aromatic hydroxyl groups is 1. The second-order valence-electron chi connectivity index (χ2n) is 6.00. The summed E-state index contributed by atoms with van der Waals surface area (Å²) in [5.74, 6) is 1.09. The van der Waals surface area contributed by atoms with Crippen molar-refractivity contribution >= 4 is 22.4 Å². The summed E-state index contributed by atoms with van der Waals surface area (Å²) in [6.07, 6.45) is 2.23. The Morgan fingerprint density at radius 1 is 1.00 bits per heavy atom. The molecule has 0 spiro atoms. The number of aliphatic hydroxyl groups excluding tert-OH is 1. The van der Waals surface area contributed by atoms with E-state index in [1.165, 1.54) is 0 Å². The molecule has 0 aliphatic heterocycles. The third kappa shape index (κ3) is 3.41. The predicted octanol–water partition coefficient (Wildman–Crippen LogP) is 3.09. The predicted molar refractivity (Wildman–Crippen MR) is 103 cm³/mol. The largest absolute Gasteiger partial charge is 0.508 e. The highest BCUT2D eigenvalue weighted by Crippen LogP contribution is 2.31. The van der Waals surface area contributed by atoms with Crippen LogP contribution in [0.2, 0.25) is 0 Å². The maximum absolute atomic E-state index is 9.90. The summed E-state index contributed by atoms with van der Waals surface area (Å²) in [7, 11) is 0. The number of fused-ring (bicyclic) bond motifs is 1. The number of benzene rings is 2. The van der Waals surface area contributed by atoms with Gasteiger partial charge < -0.3 is 21.3 Å². The Bertz CT molecular complexity index is 1100. The number of phenolic OH excluding ortho intramolecular Hbond substituents is 1. The van der Waals surface area contributed by atoms with E-state index in [4.69, 9.17) is 5.73 Å². The highest BCUT2D eigenvalue weighted by molar-refractivity contribution is 5.93. The smallest absolute Gasteiger partial charge is 0.163 e. The first-order valence-corrected chi connectivity index (χ1v) is 8.32. The van der Waals surface area contributed by atoms with E-state index in [0.29, 0.717) is 33.8 Å². The molecule has 134 valence electrons. The standard InChI is InChI=1S/C20H17N5O2/c21-18(27)14-5-1-2-6-16(14)24-20-15-10-13(26)7-8-17(15)23-19(25-20)12-4-3-9-22-11-12/h1-11,18,26-27H,21H2,(H,23,24,25). The number of nitrogens with two attached hydrogens (primary N) is 1. The lowest BCUT2D eigenvalue weighted by Crippen LogP contribution is -2.11. The summed E-state index contributed by atoms with van der Waals surface area (Å²) in [6, 6.07) is 15.7. The summed E-state index contributed by atoms with van der Waals surface area (Å²) in [6.45, 7) is 0. The second kappa shape index (κ2) is 6.99. The molecular weight excluding hydrogens is 342 g/mol. The lowest BCUT2D eigenvalue weighted by Gasteiger charge is -2.15. The van der Waals surface area contributed by atoms with Crippen LogP contribution >= 0.6 is 0 Å². The van der Waals surface area contributed by atoms with Crippen LogP contribution in [0.4, 0.5) is 11.5 Å². The summed E-state index contributed by atoms with van der Waals surface area (Å²) >= 11 is 0. The van der Waals surface area contributed by atoms with Crippen LogP contribution in [0.25, 0.3) is 22.3 Å². The highest BCUT2D eigenvalue weighted by atomic mass is 16.3. The molecular formula is C20H17N5O2. The van der Waals surface area contributed by atoms with E-state index in [0.717, 1.165) is 5.56 Å². The van der Waals surface area contributed by atoms with Crippen LogP contribution in [0, 0.1) is 0 Å². The van der Waals surface area contributed by atoms with Gasteiger partial charge in [0.05, 0.1) is 5.52 Å². The Labute approximate surface area is 155 Å². The van der Waals surface area contributed by atoms with Crippen molar-refractivity contribution in [3.63, 3.8) is 0 Å². The van der Waals surface area contributed by atoms with Gasteiger partial charge in [0.25, 0.3) is 0 Å². The van der Waals surface area contributed by atoms with Crippen molar-refractivity contribution in [1.29, 1.82) is 0 Å². The molecule has 0 radical (unpaired) electrons. The molecule has 0 fully saturated rings. The van der Waals surface area contributed by atoms with Crippen LogP contribution in [-0.2, 0) is 0 Å². The fraction of sp³-hybridized carbons (Fsp3) is 0.0500. The average Bonchev–Trinajstić information content (AvgIpc) is 2.69. The van der Waals surface area contributed by atoms with Crippen LogP contribution in [0.5, 0.6) is 5.75 Å². The van der Waals surface area contributed by atoms with Gasteiger partial charge in [0, 0.05) is 34.6 Å². The van der Waals surface area contributed by atoms with Crippen molar-refractivity contribution < 1.29 is 10.2 Å². The second-order valence-corrected chi connectivity index (χ2v) is 6.00. The number of pyridine rings is 1. The maximum Gasteiger partial charge on any atom is 0.163 e. The molecule has 1 unspecified atom stereocenters. The van der Waals surface area contributed by atoms with Crippen LogP contribution in [0.3, 0.4) is 0 Å². The molecule has 0 amide bonds. The van der Waals surface area contributed by atoms with Gasteiger partial charge in [-0.15, -0.1) is 0 Å². The summed E-state index contributed by atoms with van der Waals surface area (Å²) in [4.78, 5) is 13.3. The topological polar surface area (TPSA) is 117 Å². The van der Waals surface area contributed by atoms with Crippen molar-refractivity contribution in [3.05, 3.63) is 72.6 Å². The van der Waals surface area contributed by atoms with E-state index < -0.39 is 6.23 Å². The zero-order valence-corrected chi connectivity index (χ0v) is 14.2. The number of anilines is 2. The molecule has 4 aromatic rings. The first kappa shape index (κ1) is 16.9. The van der Waals surface area contributed by atoms with E-state index in [1.54, 1.807) is 48.8 Å². The van der Waals surface area contributed by atoms with Crippen molar-refractivity contribution in [2.45, 2.75) is 6.23 Å². The first-order valence-electron chi connectivity index (χ1n) is 8.32. The maximum atomic E-state index is 9.90. The van der Waals surface area contributed by atoms with Gasteiger partial charge in [0.15, 0.2) is 5.82 Å². The van der Waals surface area contributed by atoms with Crippen molar-refractivity contribution in [2.24, 2.45) is 5.73 Å². The van der Waals surface area contributed by atoms with Gasteiger partial charge in [-0.25, -0.2) is 9.97 Å².